The van der Waals surface area contributed by atoms with E-state index >= 15 is 0 Å². The molecule has 2 N–H and O–H groups in total. The number of likely N-dealkylation sites (tertiary alicyclic amines) is 1. The van der Waals surface area contributed by atoms with Crippen LogP contribution in [-0.2, 0) is 13.1 Å². The average molecular weight is 250 g/mol. The van der Waals surface area contributed by atoms with E-state index in [-0.39, 0.29) is 12.4 Å². The van der Waals surface area contributed by atoms with Crippen LogP contribution in [0.15, 0.2) is 18.2 Å². The summed E-state index contributed by atoms with van der Waals surface area (Å²) in [4.78, 5) is 2.38. The van der Waals surface area contributed by atoms with Crippen LogP contribution < -0.4 is 5.73 Å². The minimum Gasteiger partial charge on any atom is -0.326 e. The molecule has 2 nitrogen and oxygen atoms in total. The molecule has 3 heteroatoms. The van der Waals surface area contributed by atoms with E-state index in [0.29, 0.717) is 24.1 Å². The zero-order valence-electron chi connectivity index (χ0n) is 11.3. The van der Waals surface area contributed by atoms with Gasteiger partial charge in [0.1, 0.15) is 5.82 Å². The van der Waals surface area contributed by atoms with Crippen molar-refractivity contribution in [3.05, 3.63) is 35.1 Å². The Kier molecular flexibility index (Phi) is 4.36. The summed E-state index contributed by atoms with van der Waals surface area (Å²) in [5.41, 5.74) is 6.94. The number of rotatable bonds is 3. The first-order valence-electron chi connectivity index (χ1n) is 6.84. The predicted molar refractivity (Wildman–Crippen MR) is 72.6 cm³/mol. The summed E-state index contributed by atoms with van der Waals surface area (Å²) < 4.78 is 14.1. The topological polar surface area (TPSA) is 29.3 Å². The molecule has 0 radical (unpaired) electrons. The molecule has 100 valence electrons. The van der Waals surface area contributed by atoms with E-state index in [0.717, 1.165) is 12.1 Å². The summed E-state index contributed by atoms with van der Waals surface area (Å²) in [5, 5.41) is 0. The Hall–Kier alpha value is -0.930. The normalized spacial score (nSPS) is 25.3. The van der Waals surface area contributed by atoms with Crippen LogP contribution in [-0.4, -0.2) is 17.5 Å². The van der Waals surface area contributed by atoms with Crippen LogP contribution in [0.1, 0.15) is 37.8 Å². The van der Waals surface area contributed by atoms with Crippen molar-refractivity contribution in [1.82, 2.24) is 4.90 Å². The molecule has 2 rings (SSSR count). The highest BCUT2D eigenvalue weighted by Crippen LogP contribution is 2.25. The molecule has 18 heavy (non-hydrogen) atoms. The number of nitrogens with two attached hydrogens (primary N) is 1. The van der Waals surface area contributed by atoms with Crippen LogP contribution in [0.25, 0.3) is 0 Å². The lowest BCUT2D eigenvalue weighted by molar-refractivity contribution is 0.105. The molecule has 2 unspecified atom stereocenters. The van der Waals surface area contributed by atoms with Gasteiger partial charge in [-0.3, -0.25) is 4.90 Å². The van der Waals surface area contributed by atoms with Crippen molar-refractivity contribution in [2.75, 3.05) is 6.54 Å². The summed E-state index contributed by atoms with van der Waals surface area (Å²) >= 11 is 0. The van der Waals surface area contributed by atoms with Crippen molar-refractivity contribution in [2.45, 2.75) is 45.8 Å². The Morgan fingerprint density at radius 1 is 1.33 bits per heavy atom. The lowest BCUT2D eigenvalue weighted by Crippen LogP contribution is -2.41. The second kappa shape index (κ2) is 5.81. The van der Waals surface area contributed by atoms with Gasteiger partial charge in [-0.2, -0.15) is 0 Å². The maximum Gasteiger partial charge on any atom is 0.132 e. The maximum absolute atomic E-state index is 14.1. The Bertz CT molecular complexity index is 405. The van der Waals surface area contributed by atoms with Gasteiger partial charge in [0, 0.05) is 30.3 Å². The third kappa shape index (κ3) is 2.73. The second-order valence-electron chi connectivity index (χ2n) is 5.42. The van der Waals surface area contributed by atoms with Crippen LogP contribution in [0, 0.1) is 11.7 Å². The lowest BCUT2D eigenvalue weighted by atomic mass is 9.91. The molecule has 0 aromatic heterocycles. The quantitative estimate of drug-likeness (QED) is 0.893. The Labute approximate surface area is 109 Å². The molecule has 1 heterocycles. The van der Waals surface area contributed by atoms with Crippen LogP contribution in [0.3, 0.4) is 0 Å². The smallest absolute Gasteiger partial charge is 0.132 e. The van der Waals surface area contributed by atoms with E-state index < -0.39 is 0 Å². The molecule has 1 saturated heterocycles. The van der Waals surface area contributed by atoms with Crippen molar-refractivity contribution in [2.24, 2.45) is 11.7 Å². The first kappa shape index (κ1) is 13.5. The first-order valence-corrected chi connectivity index (χ1v) is 6.84. The molecule has 1 aliphatic rings. The second-order valence-corrected chi connectivity index (χ2v) is 5.42. The van der Waals surface area contributed by atoms with Crippen molar-refractivity contribution in [3.8, 4) is 0 Å². The minimum atomic E-state index is -0.120. The van der Waals surface area contributed by atoms with Gasteiger partial charge in [-0.25, -0.2) is 4.39 Å². The fourth-order valence-electron chi connectivity index (χ4n) is 2.78. The van der Waals surface area contributed by atoms with Gasteiger partial charge in [-0.15, -0.1) is 0 Å². The van der Waals surface area contributed by atoms with Gasteiger partial charge in [-0.05, 0) is 32.2 Å². The van der Waals surface area contributed by atoms with Crippen molar-refractivity contribution in [1.29, 1.82) is 0 Å². The largest absolute Gasteiger partial charge is 0.326 e. The van der Waals surface area contributed by atoms with Crippen molar-refractivity contribution >= 4 is 0 Å². The van der Waals surface area contributed by atoms with Crippen LogP contribution in [0.4, 0.5) is 4.39 Å². The van der Waals surface area contributed by atoms with Gasteiger partial charge in [0.05, 0.1) is 0 Å². The third-order valence-electron chi connectivity index (χ3n) is 4.26. The number of halogens is 1. The average Bonchev–Trinajstić information content (AvgIpc) is 2.37. The number of benzene rings is 1. The number of nitrogens with zero attached hydrogens (tertiary/aromatic N) is 1. The molecule has 1 aromatic carbocycles. The molecular formula is C15H23FN2. The van der Waals surface area contributed by atoms with E-state index in [1.807, 2.05) is 12.1 Å². The van der Waals surface area contributed by atoms with Crippen LogP contribution >= 0.6 is 0 Å². The van der Waals surface area contributed by atoms with E-state index in [1.165, 1.54) is 12.8 Å². The Balaban J connectivity index is 2.13. The Morgan fingerprint density at radius 2 is 2.06 bits per heavy atom. The molecule has 2 atom stereocenters. The van der Waals surface area contributed by atoms with Crippen molar-refractivity contribution < 1.29 is 4.39 Å². The molecule has 0 saturated carbocycles. The standard InChI is InChI=1S/C15H23FN2/c1-11-5-4-8-18(12(11)2)10-14-7-3-6-13(9-17)15(14)16/h3,6-7,11-12H,4-5,8-10,17H2,1-2H3. The molecule has 0 aliphatic carbocycles. The molecule has 1 aliphatic heterocycles. The summed E-state index contributed by atoms with van der Waals surface area (Å²) in [6, 6.07) is 6.07. The third-order valence-corrected chi connectivity index (χ3v) is 4.26. The van der Waals surface area contributed by atoms with E-state index in [2.05, 4.69) is 18.7 Å². The van der Waals surface area contributed by atoms with Gasteiger partial charge < -0.3 is 5.73 Å². The van der Waals surface area contributed by atoms with E-state index in [1.54, 1.807) is 6.07 Å². The highest BCUT2D eigenvalue weighted by molar-refractivity contribution is 5.26. The first-order chi connectivity index (χ1) is 8.63. The molecule has 1 fully saturated rings. The number of hydrogen-bond donors (Lipinski definition) is 1. The SMILES string of the molecule is CC1CCCN(Cc2cccc(CN)c2F)C1C. The molecule has 0 amide bonds. The fourth-order valence-corrected chi connectivity index (χ4v) is 2.78. The minimum absolute atomic E-state index is 0.120. The van der Waals surface area contributed by atoms with Crippen LogP contribution in [0.5, 0.6) is 0 Å². The summed E-state index contributed by atoms with van der Waals surface area (Å²) in [6.07, 6.45) is 2.49. The fraction of sp³-hybridized carbons (Fsp3) is 0.600. The highest BCUT2D eigenvalue weighted by Gasteiger charge is 2.25. The van der Waals surface area contributed by atoms with Crippen LogP contribution in [0.2, 0.25) is 0 Å². The van der Waals surface area contributed by atoms with Crippen molar-refractivity contribution in [3.63, 3.8) is 0 Å². The van der Waals surface area contributed by atoms with E-state index in [4.69, 9.17) is 5.73 Å². The molecule has 1 aromatic rings. The summed E-state index contributed by atoms with van der Waals surface area (Å²) in [5.74, 6) is 0.574. The predicted octanol–water partition coefficient (Wildman–Crippen LogP) is 2.90. The Morgan fingerprint density at radius 3 is 2.78 bits per heavy atom. The van der Waals surface area contributed by atoms with Gasteiger partial charge in [-0.1, -0.05) is 25.1 Å². The van der Waals surface area contributed by atoms with Gasteiger partial charge >= 0.3 is 0 Å². The molecule has 0 bridgehead atoms. The van der Waals surface area contributed by atoms with Gasteiger partial charge in [0.25, 0.3) is 0 Å². The van der Waals surface area contributed by atoms with Gasteiger partial charge in [0.2, 0.25) is 0 Å². The zero-order chi connectivity index (χ0) is 13.1. The maximum atomic E-state index is 14.1. The molecule has 0 spiro atoms. The van der Waals surface area contributed by atoms with Gasteiger partial charge in [0.15, 0.2) is 0 Å². The number of piperidine rings is 1. The summed E-state index contributed by atoms with van der Waals surface area (Å²) in [7, 11) is 0. The zero-order valence-corrected chi connectivity index (χ0v) is 11.3. The molecular weight excluding hydrogens is 227 g/mol. The monoisotopic (exact) mass is 250 g/mol. The summed E-state index contributed by atoms with van der Waals surface area (Å²) in [6.45, 7) is 6.56. The highest BCUT2D eigenvalue weighted by atomic mass is 19.1. The number of hydrogen-bond acceptors (Lipinski definition) is 2. The van der Waals surface area contributed by atoms with E-state index in [9.17, 15) is 4.39 Å². The lowest BCUT2D eigenvalue weighted by Gasteiger charge is -2.38.